The molecule has 8 nitrogen and oxygen atoms in total. The Morgan fingerprint density at radius 2 is 2.00 bits per heavy atom. The second-order valence-electron chi connectivity index (χ2n) is 6.84. The maximum atomic E-state index is 12.0. The fourth-order valence-corrected chi connectivity index (χ4v) is 3.48. The van der Waals surface area contributed by atoms with Gasteiger partial charge in [-0.1, -0.05) is 6.58 Å². The van der Waals surface area contributed by atoms with Crippen LogP contribution in [0.2, 0.25) is 0 Å². The zero-order chi connectivity index (χ0) is 20.1. The number of ether oxygens (including phenoxy) is 3. The first kappa shape index (κ1) is 20.7. The predicted molar refractivity (Wildman–Crippen MR) is 92.4 cm³/mol. The van der Waals surface area contributed by atoms with Crippen molar-refractivity contribution in [2.45, 2.75) is 51.7 Å². The third kappa shape index (κ3) is 5.42. The number of carboxylic acid groups (broad SMARTS) is 1. The molecule has 1 unspecified atom stereocenters. The summed E-state index contributed by atoms with van der Waals surface area (Å²) in [6.45, 7) is 6.28. The number of aliphatic carboxylic acids is 1. The Balaban J connectivity index is 2.41. The lowest BCUT2D eigenvalue weighted by molar-refractivity contribution is -0.151. The lowest BCUT2D eigenvalue weighted by atomic mass is 9.82. The molecule has 1 aliphatic heterocycles. The van der Waals surface area contributed by atoms with E-state index in [0.717, 1.165) is 0 Å². The smallest absolute Gasteiger partial charge is 0.334 e. The summed E-state index contributed by atoms with van der Waals surface area (Å²) in [6.07, 6.45) is 1.59. The second kappa shape index (κ2) is 8.83. The van der Waals surface area contributed by atoms with Crippen LogP contribution in [0.1, 0.15) is 39.5 Å². The summed E-state index contributed by atoms with van der Waals surface area (Å²) in [5, 5.41) is 9.49. The summed E-state index contributed by atoms with van der Waals surface area (Å²) in [5.74, 6) is -4.00. The van der Waals surface area contributed by atoms with Gasteiger partial charge in [0.15, 0.2) is 0 Å². The molecule has 27 heavy (non-hydrogen) atoms. The summed E-state index contributed by atoms with van der Waals surface area (Å²) in [4.78, 5) is 46.4. The minimum absolute atomic E-state index is 0.00347. The maximum absolute atomic E-state index is 12.0. The van der Waals surface area contributed by atoms with Crippen molar-refractivity contribution in [2.24, 2.45) is 11.8 Å². The van der Waals surface area contributed by atoms with E-state index in [1.54, 1.807) is 6.08 Å². The first-order chi connectivity index (χ1) is 12.7. The first-order valence-electron chi connectivity index (χ1n) is 8.81. The van der Waals surface area contributed by atoms with Crippen molar-refractivity contribution in [3.63, 3.8) is 0 Å². The van der Waals surface area contributed by atoms with E-state index in [4.69, 9.17) is 14.2 Å². The van der Waals surface area contributed by atoms with E-state index >= 15 is 0 Å². The van der Waals surface area contributed by atoms with Gasteiger partial charge >= 0.3 is 23.9 Å². The van der Waals surface area contributed by atoms with E-state index in [1.165, 1.54) is 13.8 Å². The van der Waals surface area contributed by atoms with Crippen molar-refractivity contribution in [2.75, 3.05) is 6.61 Å². The molecule has 2 aliphatic rings. The molecule has 1 fully saturated rings. The number of carbonyl (C=O) groups is 4. The van der Waals surface area contributed by atoms with Crippen molar-refractivity contribution < 1.29 is 38.5 Å². The molecular weight excluding hydrogens is 356 g/mol. The van der Waals surface area contributed by atoms with Gasteiger partial charge in [-0.3, -0.25) is 14.4 Å². The Kier molecular flexibility index (Phi) is 6.76. The van der Waals surface area contributed by atoms with Crippen LogP contribution in [0.25, 0.3) is 0 Å². The SMILES string of the molecule is C=C1C(=O)O[C@H]2CC(C(=O)O)CCC/C(COC(C)=O)=C/[C@@H](OC(C)=O)[C@H]12. The Hall–Kier alpha value is -2.64. The first-order valence-corrected chi connectivity index (χ1v) is 8.81. The van der Waals surface area contributed by atoms with Gasteiger partial charge in [0.05, 0.1) is 11.8 Å². The highest BCUT2D eigenvalue weighted by Gasteiger charge is 2.46. The minimum Gasteiger partial charge on any atom is -0.481 e. The van der Waals surface area contributed by atoms with E-state index in [-0.39, 0.29) is 18.6 Å². The summed E-state index contributed by atoms with van der Waals surface area (Å²) in [5.41, 5.74) is 0.826. The standard InChI is InChI=1S/C19H24O8/c1-10-17-15(26-12(3)21)7-13(9-25-11(2)20)5-4-6-14(18(22)23)8-16(17)27-19(10)24/h7,14-17H,1,4-6,8-9H2,2-3H3,(H,22,23)/b13-7-/t14?,15-,16+,17+/m1/s1. The molecular formula is C19H24O8. The van der Waals surface area contributed by atoms with Gasteiger partial charge in [-0.25, -0.2) is 4.79 Å². The predicted octanol–water partition coefficient (Wildman–Crippen LogP) is 1.78. The zero-order valence-corrected chi connectivity index (χ0v) is 15.4. The summed E-state index contributed by atoms with van der Waals surface area (Å²) >= 11 is 0. The van der Waals surface area contributed by atoms with Gasteiger partial charge in [0.2, 0.25) is 0 Å². The topological polar surface area (TPSA) is 116 Å². The highest BCUT2D eigenvalue weighted by Crippen LogP contribution is 2.37. The molecule has 0 aromatic heterocycles. The molecule has 0 saturated carbocycles. The van der Waals surface area contributed by atoms with Gasteiger partial charge in [0, 0.05) is 19.4 Å². The fraction of sp³-hybridized carbons (Fsp3) is 0.579. The second-order valence-corrected chi connectivity index (χ2v) is 6.84. The van der Waals surface area contributed by atoms with Crippen LogP contribution < -0.4 is 0 Å². The number of fused-ring (bicyclic) bond motifs is 1. The van der Waals surface area contributed by atoms with Crippen LogP contribution in [0.5, 0.6) is 0 Å². The highest BCUT2D eigenvalue weighted by molar-refractivity contribution is 5.91. The van der Waals surface area contributed by atoms with Crippen LogP contribution in [0.3, 0.4) is 0 Å². The molecule has 2 rings (SSSR count). The highest BCUT2D eigenvalue weighted by atomic mass is 16.6. The van der Waals surface area contributed by atoms with Crippen molar-refractivity contribution in [1.82, 2.24) is 0 Å². The van der Waals surface area contributed by atoms with E-state index in [1.807, 2.05) is 0 Å². The zero-order valence-electron chi connectivity index (χ0n) is 15.4. The number of carboxylic acids is 1. The molecule has 0 bridgehead atoms. The van der Waals surface area contributed by atoms with Crippen molar-refractivity contribution in [3.05, 3.63) is 23.8 Å². The minimum atomic E-state index is -0.975. The van der Waals surface area contributed by atoms with Crippen LogP contribution in [-0.4, -0.2) is 47.8 Å². The number of hydrogen-bond acceptors (Lipinski definition) is 7. The van der Waals surface area contributed by atoms with Gasteiger partial charge in [-0.05, 0) is 37.3 Å². The third-order valence-electron chi connectivity index (χ3n) is 4.76. The summed E-state index contributed by atoms with van der Waals surface area (Å²) < 4.78 is 15.8. The quantitative estimate of drug-likeness (QED) is 0.340. The summed E-state index contributed by atoms with van der Waals surface area (Å²) in [6, 6.07) is 0. The van der Waals surface area contributed by atoms with Gasteiger partial charge in [0.25, 0.3) is 0 Å². The van der Waals surface area contributed by atoms with E-state index in [9.17, 15) is 24.3 Å². The Labute approximate surface area is 157 Å². The van der Waals surface area contributed by atoms with Gasteiger partial charge < -0.3 is 19.3 Å². The molecule has 1 heterocycles. The molecule has 1 saturated heterocycles. The average molecular weight is 380 g/mol. The van der Waals surface area contributed by atoms with Gasteiger partial charge in [0.1, 0.15) is 18.8 Å². The fourth-order valence-electron chi connectivity index (χ4n) is 3.48. The molecule has 0 radical (unpaired) electrons. The Morgan fingerprint density at radius 3 is 2.59 bits per heavy atom. The normalized spacial score (nSPS) is 30.4. The van der Waals surface area contributed by atoms with E-state index in [0.29, 0.717) is 24.8 Å². The molecule has 0 aromatic rings. The molecule has 4 atom stereocenters. The average Bonchev–Trinajstić information content (AvgIpc) is 2.84. The van der Waals surface area contributed by atoms with Crippen LogP contribution in [-0.2, 0) is 33.4 Å². The lowest BCUT2D eigenvalue weighted by Gasteiger charge is -2.28. The summed E-state index contributed by atoms with van der Waals surface area (Å²) in [7, 11) is 0. The molecule has 0 spiro atoms. The van der Waals surface area contributed by atoms with Crippen LogP contribution in [0, 0.1) is 11.8 Å². The van der Waals surface area contributed by atoms with Gasteiger partial charge in [-0.2, -0.15) is 0 Å². The van der Waals surface area contributed by atoms with Gasteiger partial charge in [-0.15, -0.1) is 0 Å². The van der Waals surface area contributed by atoms with Crippen molar-refractivity contribution in [1.29, 1.82) is 0 Å². The molecule has 1 N–H and O–H groups in total. The van der Waals surface area contributed by atoms with E-state index < -0.39 is 47.9 Å². The van der Waals surface area contributed by atoms with E-state index in [2.05, 4.69) is 6.58 Å². The third-order valence-corrected chi connectivity index (χ3v) is 4.76. The monoisotopic (exact) mass is 380 g/mol. The molecule has 148 valence electrons. The molecule has 1 aliphatic carbocycles. The number of hydrogen-bond donors (Lipinski definition) is 1. The molecule has 0 amide bonds. The maximum Gasteiger partial charge on any atom is 0.334 e. The van der Waals surface area contributed by atoms with Crippen LogP contribution >= 0.6 is 0 Å². The lowest BCUT2D eigenvalue weighted by Crippen LogP contribution is -2.35. The number of esters is 3. The van der Waals surface area contributed by atoms with Crippen molar-refractivity contribution >= 4 is 23.9 Å². The Bertz CT molecular complexity index is 677. The van der Waals surface area contributed by atoms with Crippen LogP contribution in [0.4, 0.5) is 0 Å². The van der Waals surface area contributed by atoms with Crippen LogP contribution in [0.15, 0.2) is 23.8 Å². The largest absolute Gasteiger partial charge is 0.481 e. The Morgan fingerprint density at radius 1 is 1.30 bits per heavy atom. The molecule has 8 heteroatoms. The number of rotatable bonds is 4. The van der Waals surface area contributed by atoms with Crippen molar-refractivity contribution in [3.8, 4) is 0 Å². The number of carbonyl (C=O) groups excluding carboxylic acids is 3. The molecule has 0 aromatic carbocycles.